The highest BCUT2D eigenvalue weighted by Gasteiger charge is 2.08. The van der Waals surface area contributed by atoms with Crippen LogP contribution in [0.3, 0.4) is 0 Å². The molecule has 3 heteroatoms. The maximum atomic E-state index is 9.31. The first kappa shape index (κ1) is 12.9. The van der Waals surface area contributed by atoms with Crippen LogP contribution >= 0.6 is 11.6 Å². The van der Waals surface area contributed by atoms with Gasteiger partial charge in [0.05, 0.1) is 6.61 Å². The minimum Gasteiger partial charge on any atom is -0.457 e. The summed E-state index contributed by atoms with van der Waals surface area (Å²) >= 11 is 6.01. The summed E-state index contributed by atoms with van der Waals surface area (Å²) in [6, 6.07) is 13.2. The Morgan fingerprint density at radius 1 is 1.17 bits per heavy atom. The van der Waals surface area contributed by atoms with Crippen molar-refractivity contribution in [1.82, 2.24) is 0 Å². The molecular weight excluding hydrogens is 248 g/mol. The molecule has 2 aromatic carbocycles. The van der Waals surface area contributed by atoms with E-state index in [0.29, 0.717) is 16.3 Å². The van der Waals surface area contributed by atoms with Crippen LogP contribution in [0, 0.1) is 0 Å². The van der Waals surface area contributed by atoms with E-state index in [1.54, 1.807) is 18.2 Å². The zero-order valence-electron chi connectivity index (χ0n) is 10.2. The van der Waals surface area contributed by atoms with Crippen molar-refractivity contribution in [2.45, 2.75) is 20.0 Å². The zero-order valence-corrected chi connectivity index (χ0v) is 10.9. The third-order valence-corrected chi connectivity index (χ3v) is 3.12. The van der Waals surface area contributed by atoms with Gasteiger partial charge in [-0.3, -0.25) is 0 Å². The number of hydrogen-bond acceptors (Lipinski definition) is 2. The second-order valence-corrected chi connectivity index (χ2v) is 4.38. The molecule has 0 unspecified atom stereocenters. The first-order valence-corrected chi connectivity index (χ1v) is 6.27. The lowest BCUT2D eigenvalue weighted by Gasteiger charge is -2.11. The SMILES string of the molecule is CCc1cccc(Oc2cccc(Cl)c2CO)c1. The van der Waals surface area contributed by atoms with Crippen LogP contribution in [0.2, 0.25) is 5.02 Å². The molecule has 2 nitrogen and oxygen atoms in total. The number of aryl methyl sites for hydroxylation is 1. The molecule has 0 heterocycles. The van der Waals surface area contributed by atoms with E-state index in [9.17, 15) is 5.11 Å². The molecule has 0 aromatic heterocycles. The Morgan fingerprint density at radius 2 is 1.94 bits per heavy atom. The molecule has 0 aliphatic rings. The molecule has 0 radical (unpaired) electrons. The van der Waals surface area contributed by atoms with E-state index < -0.39 is 0 Å². The van der Waals surface area contributed by atoms with Gasteiger partial charge in [0.25, 0.3) is 0 Å². The fraction of sp³-hybridized carbons (Fsp3) is 0.200. The van der Waals surface area contributed by atoms with Gasteiger partial charge in [-0.15, -0.1) is 0 Å². The van der Waals surface area contributed by atoms with E-state index in [0.717, 1.165) is 12.2 Å². The largest absolute Gasteiger partial charge is 0.457 e. The van der Waals surface area contributed by atoms with E-state index in [-0.39, 0.29) is 6.61 Å². The summed E-state index contributed by atoms with van der Waals surface area (Å²) in [5.74, 6) is 1.35. The molecule has 0 atom stereocenters. The summed E-state index contributed by atoms with van der Waals surface area (Å²) in [5, 5.41) is 9.83. The Bertz CT molecular complexity index is 538. The van der Waals surface area contributed by atoms with Crippen LogP contribution in [0.25, 0.3) is 0 Å². The van der Waals surface area contributed by atoms with E-state index in [1.165, 1.54) is 5.56 Å². The third-order valence-electron chi connectivity index (χ3n) is 2.77. The summed E-state index contributed by atoms with van der Waals surface area (Å²) in [7, 11) is 0. The second kappa shape index (κ2) is 5.89. The number of halogens is 1. The van der Waals surface area contributed by atoms with Gasteiger partial charge in [0.1, 0.15) is 11.5 Å². The smallest absolute Gasteiger partial charge is 0.134 e. The third kappa shape index (κ3) is 2.84. The minimum atomic E-state index is -0.136. The fourth-order valence-corrected chi connectivity index (χ4v) is 1.97. The maximum absolute atomic E-state index is 9.31. The van der Waals surface area contributed by atoms with Crippen LogP contribution in [0.1, 0.15) is 18.1 Å². The summed E-state index contributed by atoms with van der Waals surface area (Å²) in [6.45, 7) is 1.96. The molecule has 0 fully saturated rings. The van der Waals surface area contributed by atoms with Gasteiger partial charge in [-0.05, 0) is 36.2 Å². The van der Waals surface area contributed by atoms with E-state index in [1.807, 2.05) is 18.2 Å². The van der Waals surface area contributed by atoms with Crippen LogP contribution in [-0.2, 0) is 13.0 Å². The molecule has 2 aromatic rings. The van der Waals surface area contributed by atoms with Crippen molar-refractivity contribution < 1.29 is 9.84 Å². The van der Waals surface area contributed by atoms with Gasteiger partial charge in [0.2, 0.25) is 0 Å². The molecule has 0 aliphatic carbocycles. The van der Waals surface area contributed by atoms with Gasteiger partial charge >= 0.3 is 0 Å². The number of hydrogen-bond donors (Lipinski definition) is 1. The van der Waals surface area contributed by atoms with Crippen LogP contribution in [0.5, 0.6) is 11.5 Å². The highest BCUT2D eigenvalue weighted by molar-refractivity contribution is 6.31. The Balaban J connectivity index is 2.30. The first-order valence-electron chi connectivity index (χ1n) is 5.89. The Kier molecular flexibility index (Phi) is 4.24. The zero-order chi connectivity index (χ0) is 13.0. The van der Waals surface area contributed by atoms with Crippen molar-refractivity contribution >= 4 is 11.6 Å². The van der Waals surface area contributed by atoms with E-state index in [4.69, 9.17) is 16.3 Å². The second-order valence-electron chi connectivity index (χ2n) is 3.98. The van der Waals surface area contributed by atoms with Crippen LogP contribution in [-0.4, -0.2) is 5.11 Å². The predicted octanol–water partition coefficient (Wildman–Crippen LogP) is 4.19. The van der Waals surface area contributed by atoms with E-state index >= 15 is 0 Å². The Morgan fingerprint density at radius 3 is 2.67 bits per heavy atom. The number of benzene rings is 2. The topological polar surface area (TPSA) is 29.5 Å². The summed E-state index contributed by atoms with van der Waals surface area (Å²) in [6.07, 6.45) is 0.958. The molecule has 0 spiro atoms. The average Bonchev–Trinajstić information content (AvgIpc) is 2.39. The van der Waals surface area contributed by atoms with Gasteiger partial charge in [-0.25, -0.2) is 0 Å². The summed E-state index contributed by atoms with van der Waals surface area (Å²) < 4.78 is 5.78. The van der Waals surface area contributed by atoms with Gasteiger partial charge < -0.3 is 9.84 Å². The summed E-state index contributed by atoms with van der Waals surface area (Å²) in [4.78, 5) is 0. The lowest BCUT2D eigenvalue weighted by atomic mass is 10.1. The highest BCUT2D eigenvalue weighted by atomic mass is 35.5. The predicted molar refractivity (Wildman–Crippen MR) is 73.3 cm³/mol. The highest BCUT2D eigenvalue weighted by Crippen LogP contribution is 2.30. The minimum absolute atomic E-state index is 0.136. The molecule has 0 aliphatic heterocycles. The first-order chi connectivity index (χ1) is 8.74. The maximum Gasteiger partial charge on any atom is 0.134 e. The van der Waals surface area contributed by atoms with Gasteiger partial charge in [0.15, 0.2) is 0 Å². The standard InChI is InChI=1S/C15H15ClO2/c1-2-11-5-3-6-12(9-11)18-15-8-4-7-14(16)13(15)10-17/h3-9,17H,2,10H2,1H3. The Hall–Kier alpha value is -1.51. The fourth-order valence-electron chi connectivity index (χ4n) is 1.74. The average molecular weight is 263 g/mol. The van der Waals surface area contributed by atoms with Crippen molar-refractivity contribution in [3.63, 3.8) is 0 Å². The molecule has 0 amide bonds. The molecular formula is C15H15ClO2. The Labute approximate surface area is 112 Å². The number of rotatable bonds is 4. The molecule has 0 saturated carbocycles. The van der Waals surface area contributed by atoms with Crippen molar-refractivity contribution in [2.75, 3.05) is 0 Å². The monoisotopic (exact) mass is 262 g/mol. The van der Waals surface area contributed by atoms with Crippen LogP contribution in [0.4, 0.5) is 0 Å². The van der Waals surface area contributed by atoms with Gasteiger partial charge in [-0.1, -0.05) is 36.7 Å². The molecule has 18 heavy (non-hydrogen) atoms. The van der Waals surface area contributed by atoms with E-state index in [2.05, 4.69) is 13.0 Å². The van der Waals surface area contributed by atoms with Crippen molar-refractivity contribution in [3.8, 4) is 11.5 Å². The lowest BCUT2D eigenvalue weighted by molar-refractivity contribution is 0.276. The molecule has 2 rings (SSSR count). The van der Waals surface area contributed by atoms with Crippen LogP contribution in [0.15, 0.2) is 42.5 Å². The number of ether oxygens (including phenoxy) is 1. The van der Waals surface area contributed by atoms with Crippen molar-refractivity contribution in [1.29, 1.82) is 0 Å². The number of aliphatic hydroxyl groups excluding tert-OH is 1. The lowest BCUT2D eigenvalue weighted by Crippen LogP contribution is -1.93. The van der Waals surface area contributed by atoms with Crippen LogP contribution < -0.4 is 4.74 Å². The van der Waals surface area contributed by atoms with Crippen molar-refractivity contribution in [3.05, 3.63) is 58.6 Å². The number of aliphatic hydroxyl groups is 1. The quantitative estimate of drug-likeness (QED) is 0.895. The molecule has 0 bridgehead atoms. The van der Waals surface area contributed by atoms with Gasteiger partial charge in [0, 0.05) is 10.6 Å². The van der Waals surface area contributed by atoms with Crippen molar-refractivity contribution in [2.24, 2.45) is 0 Å². The molecule has 0 saturated heterocycles. The molecule has 94 valence electrons. The van der Waals surface area contributed by atoms with Gasteiger partial charge in [-0.2, -0.15) is 0 Å². The summed E-state index contributed by atoms with van der Waals surface area (Å²) in [5.41, 5.74) is 1.82. The molecule has 1 N–H and O–H groups in total. The normalized spacial score (nSPS) is 10.4.